The van der Waals surface area contributed by atoms with Gasteiger partial charge in [-0.2, -0.15) is 11.8 Å². The first-order chi connectivity index (χ1) is 14.0. The minimum absolute atomic E-state index is 0.0272. The number of nitrogens with one attached hydrogen (secondary N) is 1. The van der Waals surface area contributed by atoms with E-state index in [2.05, 4.69) is 5.32 Å². The third-order valence-corrected chi connectivity index (χ3v) is 6.47. The molecule has 7 heteroatoms. The van der Waals surface area contributed by atoms with Crippen LogP contribution in [0, 0.1) is 13.8 Å². The number of rotatable bonds is 3. The number of carbonyl (C=O) groups is 3. The van der Waals surface area contributed by atoms with Crippen LogP contribution < -0.4 is 5.32 Å². The molecule has 2 amide bonds. The van der Waals surface area contributed by atoms with Crippen LogP contribution in [0.2, 0.25) is 0 Å². The molecule has 0 atom stereocenters. The molecule has 0 radical (unpaired) electrons. The number of nitrogens with zero attached hydrogens (tertiary/aromatic N) is 1. The molecule has 0 unspecified atom stereocenters. The van der Waals surface area contributed by atoms with E-state index in [9.17, 15) is 14.4 Å². The van der Waals surface area contributed by atoms with Crippen molar-refractivity contribution in [2.75, 3.05) is 29.9 Å². The van der Waals surface area contributed by atoms with Crippen molar-refractivity contribution >= 4 is 35.0 Å². The summed E-state index contributed by atoms with van der Waals surface area (Å²) in [7, 11) is 0. The monoisotopic (exact) mass is 412 g/mol. The molecule has 1 aromatic carbocycles. The highest BCUT2D eigenvalue weighted by Gasteiger charge is 2.29. The van der Waals surface area contributed by atoms with Crippen molar-refractivity contribution < 1.29 is 18.8 Å². The molecule has 1 aliphatic carbocycles. The van der Waals surface area contributed by atoms with Gasteiger partial charge in [-0.1, -0.05) is 0 Å². The number of thioether (sulfide) groups is 1. The quantitative estimate of drug-likeness (QED) is 0.828. The lowest BCUT2D eigenvalue weighted by molar-refractivity contribution is 0.0772. The molecule has 1 fully saturated rings. The zero-order chi connectivity index (χ0) is 20.5. The second kappa shape index (κ2) is 8.06. The smallest absolute Gasteiger partial charge is 0.291 e. The Morgan fingerprint density at radius 1 is 1.14 bits per heavy atom. The number of furan rings is 1. The van der Waals surface area contributed by atoms with E-state index in [1.165, 1.54) is 0 Å². The van der Waals surface area contributed by atoms with Gasteiger partial charge in [0, 0.05) is 54.3 Å². The third kappa shape index (κ3) is 3.83. The van der Waals surface area contributed by atoms with Crippen LogP contribution in [-0.2, 0) is 6.42 Å². The molecular weight excluding hydrogens is 388 g/mol. The van der Waals surface area contributed by atoms with Gasteiger partial charge in [0.2, 0.25) is 0 Å². The number of amides is 2. The van der Waals surface area contributed by atoms with Gasteiger partial charge in [-0.25, -0.2) is 0 Å². The molecular formula is C22H24N2O4S. The highest BCUT2D eigenvalue weighted by molar-refractivity contribution is 7.99. The van der Waals surface area contributed by atoms with Gasteiger partial charge in [0.25, 0.3) is 11.8 Å². The van der Waals surface area contributed by atoms with Gasteiger partial charge in [0.05, 0.1) is 5.56 Å². The molecule has 2 aliphatic rings. The summed E-state index contributed by atoms with van der Waals surface area (Å²) >= 11 is 1.86. The molecule has 1 aliphatic heterocycles. The largest absolute Gasteiger partial charge is 0.455 e. The van der Waals surface area contributed by atoms with Crippen molar-refractivity contribution in [3.8, 4) is 0 Å². The maximum absolute atomic E-state index is 12.8. The second-order valence-corrected chi connectivity index (χ2v) is 8.74. The zero-order valence-electron chi connectivity index (χ0n) is 16.7. The van der Waals surface area contributed by atoms with Crippen LogP contribution in [0.15, 0.2) is 22.6 Å². The third-order valence-electron chi connectivity index (χ3n) is 5.53. The molecule has 0 spiro atoms. The van der Waals surface area contributed by atoms with Gasteiger partial charge >= 0.3 is 0 Å². The Kier molecular flexibility index (Phi) is 5.50. The van der Waals surface area contributed by atoms with Gasteiger partial charge < -0.3 is 14.6 Å². The predicted molar refractivity (Wildman–Crippen MR) is 113 cm³/mol. The molecule has 0 saturated carbocycles. The van der Waals surface area contributed by atoms with E-state index in [4.69, 9.17) is 4.42 Å². The van der Waals surface area contributed by atoms with E-state index in [0.29, 0.717) is 41.0 Å². The lowest BCUT2D eigenvalue weighted by Gasteiger charge is -2.26. The Bertz CT molecular complexity index is 989. The summed E-state index contributed by atoms with van der Waals surface area (Å²) in [6.45, 7) is 5.15. The molecule has 4 rings (SSSR count). The lowest BCUT2D eigenvalue weighted by atomic mass is 9.94. The summed E-state index contributed by atoms with van der Waals surface area (Å²) in [5.41, 5.74) is 3.23. The highest BCUT2D eigenvalue weighted by Crippen LogP contribution is 2.30. The first-order valence-electron chi connectivity index (χ1n) is 9.90. The SMILES string of the molecule is Cc1cc(C(=O)N2CCSCC2)ccc1NC(=O)c1oc2c(c1C)C(=O)CCC2. The van der Waals surface area contributed by atoms with Gasteiger partial charge in [0.15, 0.2) is 11.5 Å². The van der Waals surface area contributed by atoms with E-state index < -0.39 is 0 Å². The molecule has 1 saturated heterocycles. The normalized spacial score (nSPS) is 16.5. The number of hydrogen-bond acceptors (Lipinski definition) is 5. The van der Waals surface area contributed by atoms with E-state index in [1.807, 2.05) is 29.7 Å². The average Bonchev–Trinajstić information content (AvgIpc) is 3.07. The minimum Gasteiger partial charge on any atom is -0.455 e. The highest BCUT2D eigenvalue weighted by atomic mass is 32.2. The van der Waals surface area contributed by atoms with E-state index in [1.54, 1.807) is 19.1 Å². The van der Waals surface area contributed by atoms with E-state index >= 15 is 0 Å². The number of ketones is 1. The summed E-state index contributed by atoms with van der Waals surface area (Å²) < 4.78 is 5.73. The molecule has 29 heavy (non-hydrogen) atoms. The summed E-state index contributed by atoms with van der Waals surface area (Å²) in [4.78, 5) is 39.5. The fraction of sp³-hybridized carbons (Fsp3) is 0.409. The van der Waals surface area contributed by atoms with Crippen molar-refractivity contribution in [2.45, 2.75) is 33.1 Å². The number of benzene rings is 1. The Balaban J connectivity index is 1.52. The zero-order valence-corrected chi connectivity index (χ0v) is 17.5. The van der Waals surface area contributed by atoms with Crippen molar-refractivity contribution in [1.82, 2.24) is 4.90 Å². The van der Waals surface area contributed by atoms with Crippen LogP contribution in [0.4, 0.5) is 5.69 Å². The molecule has 1 aromatic heterocycles. The van der Waals surface area contributed by atoms with Gasteiger partial charge in [-0.15, -0.1) is 0 Å². The van der Waals surface area contributed by atoms with E-state index in [0.717, 1.165) is 36.6 Å². The Morgan fingerprint density at radius 2 is 1.90 bits per heavy atom. The lowest BCUT2D eigenvalue weighted by Crippen LogP contribution is -2.37. The molecule has 2 heterocycles. The number of anilines is 1. The predicted octanol–water partition coefficient (Wildman–Crippen LogP) is 3.86. The number of carbonyl (C=O) groups excluding carboxylic acids is 3. The topological polar surface area (TPSA) is 79.6 Å². The maximum atomic E-state index is 12.8. The summed E-state index contributed by atoms with van der Waals surface area (Å²) in [6, 6.07) is 5.31. The summed E-state index contributed by atoms with van der Waals surface area (Å²) in [6.07, 6.45) is 1.93. The van der Waals surface area contributed by atoms with Crippen LogP contribution in [0.25, 0.3) is 0 Å². The minimum atomic E-state index is -0.375. The molecule has 0 bridgehead atoms. The van der Waals surface area contributed by atoms with Crippen LogP contribution in [-0.4, -0.2) is 47.1 Å². The molecule has 1 N–H and O–H groups in total. The number of aryl methyl sites for hydroxylation is 2. The van der Waals surface area contributed by atoms with Crippen molar-refractivity contribution in [1.29, 1.82) is 0 Å². The summed E-state index contributed by atoms with van der Waals surface area (Å²) in [5, 5.41) is 2.86. The Morgan fingerprint density at radius 3 is 2.59 bits per heavy atom. The van der Waals surface area contributed by atoms with E-state index in [-0.39, 0.29) is 23.4 Å². The van der Waals surface area contributed by atoms with Crippen LogP contribution in [0.3, 0.4) is 0 Å². The standard InChI is InChI=1S/C22H24N2O4S/c1-13-12-15(22(27)24-8-10-29-11-9-24)6-7-16(13)23-21(26)20-14(2)19-17(25)4-3-5-18(19)28-20/h6-7,12H,3-5,8-11H2,1-2H3,(H,23,26). The Hall–Kier alpha value is -2.54. The Labute approximate surface area is 174 Å². The van der Waals surface area contributed by atoms with Crippen LogP contribution in [0.1, 0.15) is 61.0 Å². The molecule has 152 valence electrons. The van der Waals surface area contributed by atoms with Crippen molar-refractivity contribution in [2.24, 2.45) is 0 Å². The summed E-state index contributed by atoms with van der Waals surface area (Å²) in [5.74, 6) is 2.43. The number of fused-ring (bicyclic) bond motifs is 1. The number of hydrogen-bond donors (Lipinski definition) is 1. The first kappa shape index (κ1) is 19.8. The van der Waals surface area contributed by atoms with Gasteiger partial charge in [-0.3, -0.25) is 14.4 Å². The molecule has 6 nitrogen and oxygen atoms in total. The van der Waals surface area contributed by atoms with Crippen molar-refractivity contribution in [3.05, 3.63) is 52.0 Å². The van der Waals surface area contributed by atoms with Crippen LogP contribution >= 0.6 is 11.8 Å². The fourth-order valence-electron chi connectivity index (χ4n) is 3.93. The first-order valence-corrected chi connectivity index (χ1v) is 11.1. The fourth-order valence-corrected chi connectivity index (χ4v) is 4.83. The van der Waals surface area contributed by atoms with Crippen molar-refractivity contribution in [3.63, 3.8) is 0 Å². The van der Waals surface area contributed by atoms with Crippen LogP contribution in [0.5, 0.6) is 0 Å². The molecule has 2 aromatic rings. The van der Waals surface area contributed by atoms with Gasteiger partial charge in [-0.05, 0) is 44.0 Å². The maximum Gasteiger partial charge on any atom is 0.291 e. The number of Topliss-reactive ketones (excluding diaryl/α,β-unsaturated/α-hetero) is 1. The second-order valence-electron chi connectivity index (χ2n) is 7.52. The average molecular weight is 413 g/mol. The van der Waals surface area contributed by atoms with Gasteiger partial charge in [0.1, 0.15) is 5.76 Å².